The maximum absolute atomic E-state index is 14.1. The van der Waals surface area contributed by atoms with E-state index in [-0.39, 0.29) is 47.1 Å². The van der Waals surface area contributed by atoms with Gasteiger partial charge in [-0.15, -0.1) is 0 Å². The molecule has 3 aromatic heterocycles. The second-order valence-corrected chi connectivity index (χ2v) is 11.9. The van der Waals surface area contributed by atoms with E-state index in [1.807, 2.05) is 6.07 Å². The molecular weight excluding hydrogens is 647 g/mol. The van der Waals surface area contributed by atoms with Crippen molar-refractivity contribution in [2.75, 3.05) is 0 Å². The van der Waals surface area contributed by atoms with E-state index in [2.05, 4.69) is 31.0 Å². The topological polar surface area (TPSA) is 128 Å². The molecule has 1 fully saturated rings. The highest BCUT2D eigenvalue weighted by molar-refractivity contribution is 9.10. The van der Waals surface area contributed by atoms with Crippen LogP contribution < -0.4 is 10.3 Å². The highest BCUT2D eigenvalue weighted by Gasteiger charge is 2.36. The maximum atomic E-state index is 14.1. The first-order chi connectivity index (χ1) is 20.8. The van der Waals surface area contributed by atoms with Gasteiger partial charge in [-0.25, -0.2) is 24.2 Å². The molecule has 1 amide bonds. The van der Waals surface area contributed by atoms with E-state index in [4.69, 9.17) is 9.72 Å². The quantitative estimate of drug-likeness (QED) is 0.336. The number of nitrogens with zero attached hydrogens (tertiary/aromatic N) is 7. The van der Waals surface area contributed by atoms with E-state index in [9.17, 15) is 27.9 Å². The first-order valence-corrected chi connectivity index (χ1v) is 14.6. The van der Waals surface area contributed by atoms with Gasteiger partial charge in [-0.1, -0.05) is 15.9 Å². The first-order valence-electron chi connectivity index (χ1n) is 13.8. The summed E-state index contributed by atoms with van der Waals surface area (Å²) in [4.78, 5) is 42.5. The molecular formula is C29H27BrF3N7O4. The third-order valence-electron chi connectivity index (χ3n) is 7.76. The number of aryl methyl sites for hydroxylation is 2. The minimum Gasteiger partial charge on any atom is -0.487 e. The van der Waals surface area contributed by atoms with Crippen LogP contribution in [-0.4, -0.2) is 63.5 Å². The van der Waals surface area contributed by atoms with E-state index in [1.54, 1.807) is 20.8 Å². The molecule has 0 spiro atoms. The fourth-order valence-corrected chi connectivity index (χ4v) is 5.90. The Kier molecular flexibility index (Phi) is 7.56. The van der Waals surface area contributed by atoms with Gasteiger partial charge in [-0.2, -0.15) is 18.3 Å². The van der Waals surface area contributed by atoms with Crippen molar-refractivity contribution in [3.8, 4) is 17.6 Å². The van der Waals surface area contributed by atoms with Crippen molar-refractivity contribution in [1.82, 2.24) is 34.2 Å². The number of ether oxygens (including phenoxy) is 1. The molecule has 4 aromatic rings. The molecule has 1 atom stereocenters. The molecule has 4 heterocycles. The number of aromatic nitrogens is 6. The summed E-state index contributed by atoms with van der Waals surface area (Å²) in [6.45, 7) is 5.21. The lowest BCUT2D eigenvalue weighted by Crippen LogP contribution is -2.46. The van der Waals surface area contributed by atoms with Crippen LogP contribution in [0.4, 0.5) is 13.2 Å². The zero-order valence-corrected chi connectivity index (χ0v) is 25.4. The highest BCUT2D eigenvalue weighted by Crippen LogP contribution is 2.36. The smallest absolute Gasteiger partial charge is 0.417 e. The molecule has 0 radical (unpaired) electrons. The van der Waals surface area contributed by atoms with Crippen LogP contribution in [-0.2, 0) is 19.1 Å². The second-order valence-electron chi connectivity index (χ2n) is 11.1. The fraction of sp³-hybridized carbons (Fsp3) is 0.379. The summed E-state index contributed by atoms with van der Waals surface area (Å²) >= 11 is 2.91. The van der Waals surface area contributed by atoms with Gasteiger partial charge in [0.15, 0.2) is 5.75 Å². The number of aliphatic hydroxyl groups excluding tert-OH is 1. The zero-order valence-electron chi connectivity index (χ0n) is 23.8. The lowest BCUT2D eigenvalue weighted by atomic mass is 9.92. The van der Waals surface area contributed by atoms with Crippen LogP contribution in [0.3, 0.4) is 0 Å². The average molecular weight is 674 g/mol. The van der Waals surface area contributed by atoms with Crippen LogP contribution in [0.5, 0.6) is 5.75 Å². The van der Waals surface area contributed by atoms with Crippen molar-refractivity contribution in [3.63, 3.8) is 0 Å². The Labute approximate surface area is 257 Å². The Balaban J connectivity index is 1.39. The normalized spacial score (nSPS) is 19.8. The minimum atomic E-state index is -4.65. The molecule has 2 aliphatic rings. The third-order valence-corrected chi connectivity index (χ3v) is 8.45. The van der Waals surface area contributed by atoms with Crippen LogP contribution in [0.2, 0.25) is 0 Å². The van der Waals surface area contributed by atoms with Crippen LogP contribution in [0.1, 0.15) is 58.3 Å². The van der Waals surface area contributed by atoms with Crippen molar-refractivity contribution in [3.05, 3.63) is 85.3 Å². The fourth-order valence-electron chi connectivity index (χ4n) is 5.43. The Morgan fingerprint density at radius 3 is 2.45 bits per heavy atom. The number of benzene rings is 1. The SMILES string of the molecule is Cc1cc(C)n(-c2nc3c(c(=O)n2-c2ncc(OC4CC(O)C4)cn2)C[C@@H](C)N(C(=O)c2ccc(Br)c(C(F)(F)F)c2)C3)n1. The predicted octanol–water partition coefficient (Wildman–Crippen LogP) is 4.10. The lowest BCUT2D eigenvalue weighted by Gasteiger charge is -2.34. The number of rotatable bonds is 5. The van der Waals surface area contributed by atoms with Gasteiger partial charge in [0.2, 0.25) is 11.9 Å². The van der Waals surface area contributed by atoms with E-state index in [0.717, 1.165) is 6.07 Å². The zero-order chi connectivity index (χ0) is 31.5. The largest absolute Gasteiger partial charge is 0.487 e. The third kappa shape index (κ3) is 5.49. The molecule has 1 aromatic carbocycles. The maximum Gasteiger partial charge on any atom is 0.417 e. The van der Waals surface area contributed by atoms with E-state index >= 15 is 0 Å². The molecule has 0 bridgehead atoms. The molecule has 15 heteroatoms. The molecule has 1 aliphatic heterocycles. The summed E-state index contributed by atoms with van der Waals surface area (Å²) in [5, 5.41) is 14.0. The summed E-state index contributed by atoms with van der Waals surface area (Å²) in [6, 6.07) is 4.63. The molecule has 0 unspecified atom stereocenters. The van der Waals surface area contributed by atoms with Crippen LogP contribution in [0.15, 0.2) is 45.9 Å². The van der Waals surface area contributed by atoms with Gasteiger partial charge >= 0.3 is 6.18 Å². The molecule has 1 aliphatic carbocycles. The molecule has 44 heavy (non-hydrogen) atoms. The van der Waals surface area contributed by atoms with Crippen LogP contribution in [0, 0.1) is 13.8 Å². The summed E-state index contributed by atoms with van der Waals surface area (Å²) in [6.07, 6.45) is -1.14. The van der Waals surface area contributed by atoms with E-state index < -0.39 is 29.2 Å². The second kappa shape index (κ2) is 11.1. The number of hydrogen-bond acceptors (Lipinski definition) is 8. The molecule has 0 saturated heterocycles. The summed E-state index contributed by atoms with van der Waals surface area (Å²) in [5.41, 5.74) is 0.462. The Hall–Kier alpha value is -4.11. The lowest BCUT2D eigenvalue weighted by molar-refractivity contribution is -0.138. The van der Waals surface area contributed by atoms with Gasteiger partial charge in [0.1, 0.15) is 6.10 Å². The van der Waals surface area contributed by atoms with Crippen LogP contribution in [0.25, 0.3) is 11.9 Å². The van der Waals surface area contributed by atoms with Crippen molar-refractivity contribution >= 4 is 21.8 Å². The number of aliphatic hydroxyl groups is 1. The van der Waals surface area contributed by atoms with Gasteiger partial charge in [0, 0.05) is 40.2 Å². The van der Waals surface area contributed by atoms with Gasteiger partial charge in [-0.05, 0) is 51.5 Å². The molecule has 1 saturated carbocycles. The predicted molar refractivity (Wildman–Crippen MR) is 154 cm³/mol. The molecule has 1 N–H and O–H groups in total. The van der Waals surface area contributed by atoms with Gasteiger partial charge < -0.3 is 14.7 Å². The van der Waals surface area contributed by atoms with Crippen molar-refractivity contribution in [2.45, 2.75) is 71.0 Å². The number of carbonyl (C=O) groups is 1. The molecule has 11 nitrogen and oxygen atoms in total. The Bertz CT molecular complexity index is 1820. The highest BCUT2D eigenvalue weighted by atomic mass is 79.9. The van der Waals surface area contributed by atoms with Crippen LogP contribution >= 0.6 is 15.9 Å². The number of amides is 1. The summed E-state index contributed by atoms with van der Waals surface area (Å²) < 4.78 is 49.0. The van der Waals surface area contributed by atoms with E-state index in [1.165, 1.54) is 38.7 Å². The number of hydrogen-bond donors (Lipinski definition) is 1. The standard InChI is InChI=1S/C29H27BrF3N7O4/c1-14-6-16(3)40(37-14)28-36-24-13-38(25(42)17-4-5-23(30)22(8-17)29(31,32)33)15(2)7-21(24)26(43)39(28)27-34-11-20(12-35-27)44-19-9-18(41)10-19/h4-6,8,11-12,15,18-19,41H,7,9-10,13H2,1-3H3/t15-,18?,19?/m1/s1. The number of alkyl halides is 3. The molecule has 230 valence electrons. The first kappa shape index (κ1) is 29.9. The Morgan fingerprint density at radius 1 is 1.14 bits per heavy atom. The van der Waals surface area contributed by atoms with Crippen molar-refractivity contribution < 1.29 is 27.8 Å². The average Bonchev–Trinajstić information content (AvgIpc) is 3.29. The van der Waals surface area contributed by atoms with Gasteiger partial charge in [0.25, 0.3) is 11.5 Å². The Morgan fingerprint density at radius 2 is 1.84 bits per heavy atom. The monoisotopic (exact) mass is 673 g/mol. The molecule has 6 rings (SSSR count). The summed E-state index contributed by atoms with van der Waals surface area (Å²) in [5.74, 6) is -0.0889. The van der Waals surface area contributed by atoms with Crippen molar-refractivity contribution in [1.29, 1.82) is 0 Å². The number of fused-ring (bicyclic) bond motifs is 1. The van der Waals surface area contributed by atoms with Gasteiger partial charge in [-0.3, -0.25) is 9.59 Å². The minimum absolute atomic E-state index is 0.0366. The number of carbonyl (C=O) groups excluding carboxylic acids is 1. The number of halogens is 4. The summed E-state index contributed by atoms with van der Waals surface area (Å²) in [7, 11) is 0. The van der Waals surface area contributed by atoms with E-state index in [0.29, 0.717) is 41.2 Å². The van der Waals surface area contributed by atoms with Crippen molar-refractivity contribution in [2.24, 2.45) is 0 Å². The van der Waals surface area contributed by atoms with Gasteiger partial charge in [0.05, 0.1) is 42.0 Å².